The monoisotopic (exact) mass is 446 g/mol. The third-order valence-corrected chi connectivity index (χ3v) is 6.25. The van der Waals surface area contributed by atoms with E-state index in [0.29, 0.717) is 18.8 Å². The highest BCUT2D eigenvalue weighted by atomic mass is 32.2. The second-order valence-corrected chi connectivity index (χ2v) is 9.60. The average Bonchev–Trinajstić information content (AvgIpc) is 3.25. The Labute approximate surface area is 185 Å². The van der Waals surface area contributed by atoms with Crippen LogP contribution < -0.4 is 5.32 Å². The predicted molar refractivity (Wildman–Crippen MR) is 114 cm³/mol. The Morgan fingerprint density at radius 2 is 1.87 bits per heavy atom. The van der Waals surface area contributed by atoms with Gasteiger partial charge in [-0.05, 0) is 31.7 Å². The smallest absolute Gasteiger partial charge is 0.334 e. The topological polar surface area (TPSA) is 94.2 Å². The van der Waals surface area contributed by atoms with Gasteiger partial charge in [0, 0.05) is 5.57 Å². The Kier molecular flexibility index (Phi) is 6.09. The van der Waals surface area contributed by atoms with E-state index < -0.39 is 35.3 Å². The molecule has 0 aromatic heterocycles. The molecule has 3 aliphatic rings. The second kappa shape index (κ2) is 8.64. The molecule has 4 rings (SSSR count). The van der Waals surface area contributed by atoms with Crippen LogP contribution in [0.4, 0.5) is 0 Å². The van der Waals surface area contributed by atoms with E-state index in [4.69, 9.17) is 14.2 Å². The standard InChI is InChI=1S/C22H26N2O6S/c1-22(2,3)30-20(27)17-14(21-28-9-10-29-21)12-31-19-16(18(26)24(17)19)23-15(25)11-13-7-5-4-6-8-13/h4-8,12,16-17,19,21H,9-11H2,1-3H3,(H,23,25)/t16?,17?,19-/m1/s1. The molecule has 2 fully saturated rings. The van der Waals surface area contributed by atoms with E-state index in [1.54, 1.807) is 26.2 Å². The molecule has 2 amide bonds. The van der Waals surface area contributed by atoms with Crippen LogP contribution in [-0.4, -0.2) is 65.2 Å². The lowest BCUT2D eigenvalue weighted by atomic mass is 9.97. The second-order valence-electron chi connectivity index (χ2n) is 8.61. The Balaban J connectivity index is 1.50. The number of carbonyl (C=O) groups is 3. The fraction of sp³-hybridized carbons (Fsp3) is 0.500. The van der Waals surface area contributed by atoms with Gasteiger partial charge in [0.15, 0.2) is 12.3 Å². The maximum absolute atomic E-state index is 13.0. The molecular formula is C22H26N2O6S. The van der Waals surface area contributed by atoms with Crippen LogP contribution in [0.1, 0.15) is 26.3 Å². The minimum atomic E-state index is -0.941. The number of hydrogen-bond acceptors (Lipinski definition) is 7. The van der Waals surface area contributed by atoms with Crippen LogP contribution >= 0.6 is 11.8 Å². The van der Waals surface area contributed by atoms with E-state index in [2.05, 4.69) is 5.32 Å². The van der Waals surface area contributed by atoms with Gasteiger partial charge in [0.2, 0.25) is 11.8 Å². The van der Waals surface area contributed by atoms with Gasteiger partial charge in [-0.2, -0.15) is 0 Å². The molecule has 2 saturated heterocycles. The molecule has 0 aliphatic carbocycles. The van der Waals surface area contributed by atoms with Crippen LogP contribution in [0.5, 0.6) is 0 Å². The molecule has 31 heavy (non-hydrogen) atoms. The van der Waals surface area contributed by atoms with Gasteiger partial charge in [0.05, 0.1) is 19.6 Å². The zero-order valence-electron chi connectivity index (χ0n) is 17.7. The minimum Gasteiger partial charge on any atom is -0.458 e. The van der Waals surface area contributed by atoms with Crippen molar-refractivity contribution in [2.75, 3.05) is 13.2 Å². The molecule has 9 heteroatoms. The number of carbonyl (C=O) groups excluding carboxylic acids is 3. The van der Waals surface area contributed by atoms with E-state index in [-0.39, 0.29) is 18.2 Å². The van der Waals surface area contributed by atoms with E-state index >= 15 is 0 Å². The van der Waals surface area contributed by atoms with Gasteiger partial charge >= 0.3 is 5.97 Å². The number of benzene rings is 1. The lowest BCUT2D eigenvalue weighted by molar-refractivity contribution is -0.171. The third-order valence-electron chi connectivity index (χ3n) is 5.07. The van der Waals surface area contributed by atoms with Gasteiger partial charge in [-0.15, -0.1) is 11.8 Å². The summed E-state index contributed by atoms with van der Waals surface area (Å²) >= 11 is 1.37. The normalized spacial score (nSPS) is 26.0. The largest absolute Gasteiger partial charge is 0.458 e. The number of amides is 2. The fourth-order valence-electron chi connectivity index (χ4n) is 3.76. The van der Waals surface area contributed by atoms with Gasteiger partial charge in [0.1, 0.15) is 17.0 Å². The highest BCUT2D eigenvalue weighted by molar-refractivity contribution is 8.03. The highest BCUT2D eigenvalue weighted by Crippen LogP contribution is 2.42. The number of esters is 1. The Hall–Kier alpha value is -2.36. The van der Waals surface area contributed by atoms with Crippen molar-refractivity contribution in [3.63, 3.8) is 0 Å². The number of fused-ring (bicyclic) bond motifs is 1. The predicted octanol–water partition coefficient (Wildman–Crippen LogP) is 1.60. The van der Waals surface area contributed by atoms with Crippen molar-refractivity contribution >= 4 is 29.5 Å². The maximum atomic E-state index is 13.0. The van der Waals surface area contributed by atoms with Gasteiger partial charge < -0.3 is 24.4 Å². The van der Waals surface area contributed by atoms with Crippen LogP contribution in [0.15, 0.2) is 41.3 Å². The zero-order chi connectivity index (χ0) is 22.2. The quantitative estimate of drug-likeness (QED) is 0.542. The molecule has 0 spiro atoms. The first-order valence-electron chi connectivity index (χ1n) is 10.2. The molecule has 3 aliphatic heterocycles. The highest BCUT2D eigenvalue weighted by Gasteiger charge is 2.57. The van der Waals surface area contributed by atoms with Crippen molar-refractivity contribution in [3.8, 4) is 0 Å². The molecule has 0 bridgehead atoms. The molecule has 2 unspecified atom stereocenters. The minimum absolute atomic E-state index is 0.183. The number of thioether (sulfide) groups is 1. The summed E-state index contributed by atoms with van der Waals surface area (Å²) in [5.74, 6) is -1.10. The molecule has 1 N–H and O–H groups in total. The lowest BCUT2D eigenvalue weighted by Gasteiger charge is -2.52. The SMILES string of the molecule is CC(C)(C)OC(=O)C1C(C2OCCO2)=CS[C@@H]2C(NC(=O)Cc3ccccc3)C(=O)N12. The first kappa shape index (κ1) is 21.9. The first-order chi connectivity index (χ1) is 14.7. The lowest BCUT2D eigenvalue weighted by Crippen LogP contribution is -2.74. The van der Waals surface area contributed by atoms with E-state index in [1.807, 2.05) is 30.3 Å². The number of hydrogen-bond donors (Lipinski definition) is 1. The van der Waals surface area contributed by atoms with E-state index in [9.17, 15) is 14.4 Å². The summed E-state index contributed by atoms with van der Waals surface area (Å²) in [5, 5.41) is 4.22. The van der Waals surface area contributed by atoms with Crippen LogP contribution in [0.25, 0.3) is 0 Å². The molecule has 0 saturated carbocycles. The summed E-state index contributed by atoms with van der Waals surface area (Å²) in [6.45, 7) is 6.16. The summed E-state index contributed by atoms with van der Waals surface area (Å²) in [4.78, 5) is 40.0. The molecule has 8 nitrogen and oxygen atoms in total. The molecule has 3 atom stereocenters. The van der Waals surface area contributed by atoms with E-state index in [1.165, 1.54) is 16.7 Å². The summed E-state index contributed by atoms with van der Waals surface area (Å²) in [5.41, 5.74) is 0.705. The molecule has 1 aromatic rings. The van der Waals surface area contributed by atoms with Gasteiger partial charge in [-0.3, -0.25) is 9.59 Å². The molecule has 166 valence electrons. The maximum Gasteiger partial charge on any atom is 0.334 e. The van der Waals surface area contributed by atoms with Crippen LogP contribution in [-0.2, 0) is 35.0 Å². The van der Waals surface area contributed by atoms with Crippen LogP contribution in [0.3, 0.4) is 0 Å². The van der Waals surface area contributed by atoms with Crippen molar-refractivity contribution in [3.05, 3.63) is 46.9 Å². The molecule has 3 heterocycles. The Morgan fingerprint density at radius 1 is 1.19 bits per heavy atom. The van der Waals surface area contributed by atoms with Crippen molar-refractivity contribution in [2.45, 2.75) is 56.5 Å². The third kappa shape index (κ3) is 4.63. The van der Waals surface area contributed by atoms with E-state index in [0.717, 1.165) is 5.56 Å². The van der Waals surface area contributed by atoms with Crippen molar-refractivity contribution in [2.24, 2.45) is 0 Å². The summed E-state index contributed by atoms with van der Waals surface area (Å²) in [6, 6.07) is 7.68. The molecule has 0 radical (unpaired) electrons. The van der Waals surface area contributed by atoms with Crippen molar-refractivity contribution in [1.29, 1.82) is 0 Å². The van der Waals surface area contributed by atoms with Gasteiger partial charge in [0.25, 0.3) is 0 Å². The average molecular weight is 447 g/mol. The number of nitrogens with zero attached hydrogens (tertiary/aromatic N) is 1. The Bertz CT molecular complexity index is 891. The molecule has 1 aromatic carbocycles. The van der Waals surface area contributed by atoms with Gasteiger partial charge in [-0.1, -0.05) is 30.3 Å². The number of rotatable bonds is 5. The number of β-lactam (4-membered cyclic amide) rings is 1. The summed E-state index contributed by atoms with van der Waals surface area (Å²) < 4.78 is 16.8. The van der Waals surface area contributed by atoms with Crippen LogP contribution in [0, 0.1) is 0 Å². The summed E-state index contributed by atoms with van der Waals surface area (Å²) in [7, 11) is 0. The summed E-state index contributed by atoms with van der Waals surface area (Å²) in [6.07, 6.45) is -0.506. The van der Waals surface area contributed by atoms with Gasteiger partial charge in [-0.25, -0.2) is 4.79 Å². The van der Waals surface area contributed by atoms with Crippen molar-refractivity contribution < 1.29 is 28.6 Å². The number of nitrogens with one attached hydrogen (secondary N) is 1. The number of ether oxygens (including phenoxy) is 3. The first-order valence-corrected chi connectivity index (χ1v) is 11.2. The Morgan fingerprint density at radius 3 is 2.52 bits per heavy atom. The van der Waals surface area contributed by atoms with Crippen LogP contribution in [0.2, 0.25) is 0 Å². The zero-order valence-corrected chi connectivity index (χ0v) is 18.5. The fourth-order valence-corrected chi connectivity index (χ4v) is 4.99. The van der Waals surface area contributed by atoms with Crippen molar-refractivity contribution in [1.82, 2.24) is 10.2 Å². The molecular weight excluding hydrogens is 420 g/mol.